The molecule has 0 saturated heterocycles. The lowest BCUT2D eigenvalue weighted by molar-refractivity contribution is -0.133. The maximum absolute atomic E-state index is 12.6. The van der Waals surface area contributed by atoms with Crippen molar-refractivity contribution in [3.05, 3.63) is 71.9 Å². The van der Waals surface area contributed by atoms with Gasteiger partial charge in [-0.2, -0.15) is 0 Å². The van der Waals surface area contributed by atoms with Crippen molar-refractivity contribution in [2.45, 2.75) is 45.8 Å². The van der Waals surface area contributed by atoms with Gasteiger partial charge < -0.3 is 19.9 Å². The highest BCUT2D eigenvalue weighted by molar-refractivity contribution is 5.93. The standard InChI is InChI=1S/C27H31N3O3/c1-19(2)33-22-9-7-20(8-10-22)17-29-26(31)11-12-27(32)30-15-13-21(14-16-30)24-18-28-25-6-4-3-5-23(24)25/h3-10,13,18-19,28H,11-12,14-17H2,1-2H3,(H,29,31). The second-order valence-corrected chi connectivity index (χ2v) is 8.65. The molecule has 0 radical (unpaired) electrons. The number of hydrogen-bond acceptors (Lipinski definition) is 3. The maximum Gasteiger partial charge on any atom is 0.223 e. The zero-order chi connectivity index (χ0) is 23.2. The third-order valence-corrected chi connectivity index (χ3v) is 5.85. The van der Waals surface area contributed by atoms with Gasteiger partial charge >= 0.3 is 0 Å². The van der Waals surface area contributed by atoms with E-state index in [-0.39, 0.29) is 30.8 Å². The lowest BCUT2D eigenvalue weighted by Crippen LogP contribution is -2.35. The van der Waals surface area contributed by atoms with Crippen LogP contribution in [0.3, 0.4) is 0 Å². The van der Waals surface area contributed by atoms with Crippen LogP contribution >= 0.6 is 0 Å². The fourth-order valence-corrected chi connectivity index (χ4v) is 4.10. The molecule has 1 aromatic heterocycles. The van der Waals surface area contributed by atoms with Crippen LogP contribution in [-0.2, 0) is 16.1 Å². The van der Waals surface area contributed by atoms with Crippen LogP contribution in [0.2, 0.25) is 0 Å². The first-order valence-corrected chi connectivity index (χ1v) is 11.5. The van der Waals surface area contributed by atoms with Crippen LogP contribution in [0, 0.1) is 0 Å². The molecule has 2 amide bonds. The summed E-state index contributed by atoms with van der Waals surface area (Å²) in [4.78, 5) is 30.0. The number of nitrogens with one attached hydrogen (secondary N) is 2. The SMILES string of the molecule is CC(C)Oc1ccc(CNC(=O)CCC(=O)N2CC=C(c3c[nH]c4ccccc34)CC2)cc1. The molecule has 1 aliphatic heterocycles. The molecule has 0 aliphatic carbocycles. The number of carbonyl (C=O) groups is 2. The number of amides is 2. The molecule has 0 unspecified atom stereocenters. The minimum Gasteiger partial charge on any atom is -0.491 e. The van der Waals surface area contributed by atoms with Crippen molar-refractivity contribution in [2.24, 2.45) is 0 Å². The van der Waals surface area contributed by atoms with Crippen molar-refractivity contribution >= 4 is 28.3 Å². The number of fused-ring (bicyclic) bond motifs is 1. The van der Waals surface area contributed by atoms with Gasteiger partial charge in [0.2, 0.25) is 11.8 Å². The van der Waals surface area contributed by atoms with Crippen LogP contribution in [-0.4, -0.2) is 40.9 Å². The molecule has 0 fully saturated rings. The van der Waals surface area contributed by atoms with Crippen molar-refractivity contribution in [3.8, 4) is 5.75 Å². The summed E-state index contributed by atoms with van der Waals surface area (Å²) in [5.41, 5.74) is 4.59. The Morgan fingerprint density at radius 2 is 1.88 bits per heavy atom. The zero-order valence-electron chi connectivity index (χ0n) is 19.3. The summed E-state index contributed by atoms with van der Waals surface area (Å²) in [6.45, 7) is 5.67. The Labute approximate surface area is 194 Å². The van der Waals surface area contributed by atoms with Gasteiger partial charge in [-0.1, -0.05) is 36.4 Å². The van der Waals surface area contributed by atoms with E-state index in [0.29, 0.717) is 19.6 Å². The summed E-state index contributed by atoms with van der Waals surface area (Å²) in [5, 5.41) is 4.10. The minimum absolute atomic E-state index is 0.0227. The minimum atomic E-state index is -0.113. The number of hydrogen-bond donors (Lipinski definition) is 2. The average Bonchev–Trinajstić information content (AvgIpc) is 3.26. The van der Waals surface area contributed by atoms with Gasteiger partial charge in [-0.25, -0.2) is 0 Å². The second kappa shape index (κ2) is 10.4. The van der Waals surface area contributed by atoms with Gasteiger partial charge in [-0.05, 0) is 49.6 Å². The highest BCUT2D eigenvalue weighted by atomic mass is 16.5. The molecule has 172 valence electrons. The van der Waals surface area contributed by atoms with Crippen LogP contribution < -0.4 is 10.1 Å². The fourth-order valence-electron chi connectivity index (χ4n) is 4.10. The molecule has 3 aromatic rings. The molecule has 6 nitrogen and oxygen atoms in total. The number of nitrogens with zero attached hydrogens (tertiary/aromatic N) is 1. The van der Waals surface area contributed by atoms with Gasteiger partial charge in [-0.15, -0.1) is 0 Å². The van der Waals surface area contributed by atoms with Gasteiger partial charge in [-0.3, -0.25) is 9.59 Å². The molecule has 6 heteroatoms. The van der Waals surface area contributed by atoms with E-state index in [0.717, 1.165) is 23.3 Å². The van der Waals surface area contributed by atoms with Crippen molar-refractivity contribution < 1.29 is 14.3 Å². The number of H-pyrrole nitrogens is 1. The zero-order valence-corrected chi connectivity index (χ0v) is 19.3. The maximum atomic E-state index is 12.6. The van der Waals surface area contributed by atoms with Gasteiger partial charge in [0.05, 0.1) is 6.10 Å². The normalized spacial score (nSPS) is 13.8. The topological polar surface area (TPSA) is 74.4 Å². The molecular weight excluding hydrogens is 414 g/mol. The summed E-state index contributed by atoms with van der Waals surface area (Å²) in [7, 11) is 0. The van der Waals surface area contributed by atoms with Crippen LogP contribution in [0.15, 0.2) is 60.8 Å². The van der Waals surface area contributed by atoms with E-state index in [4.69, 9.17) is 4.74 Å². The fraction of sp³-hybridized carbons (Fsp3) is 0.333. The number of aromatic nitrogens is 1. The summed E-state index contributed by atoms with van der Waals surface area (Å²) < 4.78 is 5.63. The predicted octanol–water partition coefficient (Wildman–Crippen LogP) is 4.67. The number of rotatable bonds is 8. The largest absolute Gasteiger partial charge is 0.491 e. The molecule has 33 heavy (non-hydrogen) atoms. The summed E-state index contributed by atoms with van der Waals surface area (Å²) in [6, 6.07) is 15.9. The molecular formula is C27H31N3O3. The Kier molecular flexibility index (Phi) is 7.13. The molecule has 2 N–H and O–H groups in total. The molecule has 2 heterocycles. The summed E-state index contributed by atoms with van der Waals surface area (Å²) in [6.07, 6.45) is 5.54. The van der Waals surface area contributed by atoms with Gasteiger partial charge in [0.1, 0.15) is 5.75 Å². The lowest BCUT2D eigenvalue weighted by Gasteiger charge is -2.26. The Bertz CT molecular complexity index is 1140. The smallest absolute Gasteiger partial charge is 0.223 e. The van der Waals surface area contributed by atoms with E-state index >= 15 is 0 Å². The predicted molar refractivity (Wildman–Crippen MR) is 131 cm³/mol. The first kappa shape index (κ1) is 22.6. The number of aromatic amines is 1. The van der Waals surface area contributed by atoms with Crippen LogP contribution in [0.5, 0.6) is 5.75 Å². The van der Waals surface area contributed by atoms with Crippen molar-refractivity contribution in [1.82, 2.24) is 15.2 Å². The average molecular weight is 446 g/mol. The molecule has 2 aromatic carbocycles. The van der Waals surface area contributed by atoms with E-state index in [1.165, 1.54) is 16.5 Å². The third-order valence-electron chi connectivity index (χ3n) is 5.85. The number of benzene rings is 2. The lowest BCUT2D eigenvalue weighted by atomic mass is 9.98. The van der Waals surface area contributed by atoms with Gasteiger partial charge in [0.25, 0.3) is 0 Å². The summed E-state index contributed by atoms with van der Waals surface area (Å²) in [5.74, 6) is 0.724. The highest BCUT2D eigenvalue weighted by Crippen LogP contribution is 2.29. The quantitative estimate of drug-likeness (QED) is 0.529. The van der Waals surface area contributed by atoms with E-state index in [9.17, 15) is 9.59 Å². The third kappa shape index (κ3) is 5.83. The Balaban J connectivity index is 1.22. The molecule has 4 rings (SSSR count). The van der Waals surface area contributed by atoms with E-state index in [2.05, 4.69) is 28.5 Å². The molecule has 0 spiro atoms. The number of carbonyl (C=O) groups excluding carboxylic acids is 2. The molecule has 0 saturated carbocycles. The Morgan fingerprint density at radius 1 is 1.09 bits per heavy atom. The first-order chi connectivity index (χ1) is 16.0. The van der Waals surface area contributed by atoms with E-state index in [1.807, 2.05) is 61.3 Å². The number of para-hydroxylation sites is 1. The van der Waals surface area contributed by atoms with Crippen molar-refractivity contribution in [3.63, 3.8) is 0 Å². The Morgan fingerprint density at radius 3 is 2.61 bits per heavy atom. The number of ether oxygens (including phenoxy) is 1. The molecule has 1 aliphatic rings. The van der Waals surface area contributed by atoms with Crippen molar-refractivity contribution in [1.29, 1.82) is 0 Å². The van der Waals surface area contributed by atoms with Crippen molar-refractivity contribution in [2.75, 3.05) is 13.1 Å². The van der Waals surface area contributed by atoms with Crippen LogP contribution in [0.25, 0.3) is 16.5 Å². The van der Waals surface area contributed by atoms with E-state index in [1.54, 1.807) is 0 Å². The van der Waals surface area contributed by atoms with Crippen LogP contribution in [0.1, 0.15) is 44.2 Å². The molecule has 0 bridgehead atoms. The first-order valence-electron chi connectivity index (χ1n) is 11.5. The second-order valence-electron chi connectivity index (χ2n) is 8.65. The van der Waals surface area contributed by atoms with Gasteiger partial charge in [0, 0.05) is 55.1 Å². The Hall–Kier alpha value is -3.54. The van der Waals surface area contributed by atoms with Gasteiger partial charge in [0.15, 0.2) is 0 Å². The highest BCUT2D eigenvalue weighted by Gasteiger charge is 2.20. The van der Waals surface area contributed by atoms with Crippen LogP contribution in [0.4, 0.5) is 0 Å². The summed E-state index contributed by atoms with van der Waals surface area (Å²) >= 11 is 0. The molecule has 0 atom stereocenters. The monoisotopic (exact) mass is 445 g/mol. The van der Waals surface area contributed by atoms with E-state index < -0.39 is 0 Å².